The Morgan fingerprint density at radius 1 is 1.39 bits per heavy atom. The number of hydrogen-bond donors (Lipinski definition) is 2. The van der Waals surface area contributed by atoms with Gasteiger partial charge in [-0.1, -0.05) is 11.6 Å². The molecule has 2 rings (SSSR count). The number of methoxy groups -OCH3 is 1. The highest BCUT2D eigenvalue weighted by Gasteiger charge is 2.18. The number of benzene rings is 1. The molecule has 5 nitrogen and oxygen atoms in total. The van der Waals surface area contributed by atoms with Gasteiger partial charge in [0.2, 0.25) is 0 Å². The lowest BCUT2D eigenvalue weighted by Gasteiger charge is -2.21. The molecular weight excluding hydrogens is 292 g/mol. The van der Waals surface area contributed by atoms with Crippen LogP contribution in [-0.2, 0) is 0 Å². The number of ether oxygens (including phenoxy) is 2. The monoisotopic (exact) mass is 318 g/mol. The highest BCUT2D eigenvalue weighted by Crippen LogP contribution is 2.26. The topological polar surface area (TPSA) is 73.6 Å². The molecule has 126 valence electrons. The van der Waals surface area contributed by atoms with E-state index in [1.807, 2.05) is 6.92 Å². The summed E-state index contributed by atoms with van der Waals surface area (Å²) < 4.78 is 10.8. The maximum atomic E-state index is 12.6. The number of nitrogens with two attached hydrogens (primary N) is 1. The lowest BCUT2D eigenvalue weighted by molar-refractivity contribution is 0.0940. The third-order valence-corrected chi connectivity index (χ3v) is 4.04. The molecule has 1 aromatic rings. The summed E-state index contributed by atoms with van der Waals surface area (Å²) in [6, 6.07) is 5.23. The second-order valence-corrected chi connectivity index (χ2v) is 5.72. The first-order valence-electron chi connectivity index (χ1n) is 8.16. The average Bonchev–Trinajstić information content (AvgIpc) is 2.60. The fraction of sp³-hybridized carbons (Fsp3) is 0.500. The summed E-state index contributed by atoms with van der Waals surface area (Å²) >= 11 is 0. The van der Waals surface area contributed by atoms with Gasteiger partial charge in [-0.15, -0.1) is 0 Å². The molecule has 1 aliphatic rings. The predicted molar refractivity (Wildman–Crippen MR) is 91.0 cm³/mol. The normalized spacial score (nSPS) is 15.5. The van der Waals surface area contributed by atoms with Crippen LogP contribution in [0.5, 0.6) is 11.5 Å². The van der Waals surface area contributed by atoms with Crippen molar-refractivity contribution in [2.45, 2.75) is 38.6 Å². The van der Waals surface area contributed by atoms with E-state index >= 15 is 0 Å². The molecule has 0 saturated heterocycles. The maximum absolute atomic E-state index is 12.6. The standard InChI is InChI=1S/C18H26N2O3/c1-13(14-6-4-3-5-7-14)20-18(21)16-9-8-15(22-2)12-17(16)23-11-10-19/h6,8-9,12-13H,3-5,7,10-11,19H2,1-2H3,(H,20,21)/t13-/m0/s1. The molecule has 0 unspecified atom stereocenters. The summed E-state index contributed by atoms with van der Waals surface area (Å²) in [7, 11) is 1.58. The molecule has 5 heteroatoms. The van der Waals surface area contributed by atoms with E-state index in [1.165, 1.54) is 18.4 Å². The van der Waals surface area contributed by atoms with E-state index in [0.29, 0.717) is 30.2 Å². The second kappa shape index (κ2) is 8.58. The first-order chi connectivity index (χ1) is 11.2. The van der Waals surface area contributed by atoms with Crippen molar-refractivity contribution in [3.8, 4) is 11.5 Å². The highest BCUT2D eigenvalue weighted by atomic mass is 16.5. The Bertz CT molecular complexity index is 569. The number of allylic oxidation sites excluding steroid dienone is 1. The maximum Gasteiger partial charge on any atom is 0.255 e. The van der Waals surface area contributed by atoms with Gasteiger partial charge in [0.1, 0.15) is 18.1 Å². The van der Waals surface area contributed by atoms with Crippen LogP contribution >= 0.6 is 0 Å². The van der Waals surface area contributed by atoms with Crippen molar-refractivity contribution < 1.29 is 14.3 Å². The number of rotatable bonds is 7. The van der Waals surface area contributed by atoms with E-state index in [9.17, 15) is 4.79 Å². The van der Waals surface area contributed by atoms with Gasteiger partial charge in [-0.25, -0.2) is 0 Å². The van der Waals surface area contributed by atoms with E-state index in [2.05, 4.69) is 11.4 Å². The smallest absolute Gasteiger partial charge is 0.255 e. The van der Waals surface area contributed by atoms with E-state index in [-0.39, 0.29) is 11.9 Å². The Morgan fingerprint density at radius 2 is 2.22 bits per heavy atom. The van der Waals surface area contributed by atoms with Gasteiger partial charge in [0, 0.05) is 18.7 Å². The Balaban J connectivity index is 2.12. The zero-order chi connectivity index (χ0) is 16.7. The minimum Gasteiger partial charge on any atom is -0.497 e. The van der Waals surface area contributed by atoms with E-state index in [0.717, 1.165) is 12.8 Å². The lowest BCUT2D eigenvalue weighted by Crippen LogP contribution is -2.34. The number of carbonyl (C=O) groups excluding carboxylic acids is 1. The fourth-order valence-electron chi connectivity index (χ4n) is 2.73. The van der Waals surface area contributed by atoms with Crippen molar-refractivity contribution in [1.29, 1.82) is 0 Å². The summed E-state index contributed by atoms with van der Waals surface area (Å²) in [5.74, 6) is 1.01. The van der Waals surface area contributed by atoms with Gasteiger partial charge in [0.05, 0.1) is 12.7 Å². The van der Waals surface area contributed by atoms with E-state index in [1.54, 1.807) is 25.3 Å². The molecule has 0 aromatic heterocycles. The lowest BCUT2D eigenvalue weighted by atomic mass is 9.94. The summed E-state index contributed by atoms with van der Waals surface area (Å²) in [5, 5.41) is 3.06. The molecule has 1 atom stereocenters. The number of amides is 1. The first-order valence-corrected chi connectivity index (χ1v) is 8.16. The Labute approximate surface area is 137 Å². The van der Waals surface area contributed by atoms with Gasteiger partial charge in [0.15, 0.2) is 0 Å². The minimum atomic E-state index is -0.140. The highest BCUT2D eigenvalue weighted by molar-refractivity contribution is 5.97. The fourth-order valence-corrected chi connectivity index (χ4v) is 2.73. The van der Waals surface area contributed by atoms with Crippen molar-refractivity contribution >= 4 is 5.91 Å². The van der Waals surface area contributed by atoms with Gasteiger partial charge < -0.3 is 20.5 Å². The molecule has 0 spiro atoms. The van der Waals surface area contributed by atoms with Gasteiger partial charge in [-0.2, -0.15) is 0 Å². The molecule has 1 amide bonds. The van der Waals surface area contributed by atoms with Crippen LogP contribution in [0.1, 0.15) is 43.0 Å². The molecule has 1 aromatic carbocycles. The van der Waals surface area contributed by atoms with Crippen LogP contribution in [0.25, 0.3) is 0 Å². The largest absolute Gasteiger partial charge is 0.497 e. The molecule has 1 aliphatic carbocycles. The number of hydrogen-bond acceptors (Lipinski definition) is 4. The van der Waals surface area contributed by atoms with Crippen LogP contribution < -0.4 is 20.5 Å². The van der Waals surface area contributed by atoms with Crippen molar-refractivity contribution in [3.63, 3.8) is 0 Å². The van der Waals surface area contributed by atoms with E-state index in [4.69, 9.17) is 15.2 Å². The predicted octanol–water partition coefficient (Wildman–Crippen LogP) is 2.65. The van der Waals surface area contributed by atoms with Crippen LogP contribution in [0.3, 0.4) is 0 Å². The zero-order valence-electron chi connectivity index (χ0n) is 13.9. The first kappa shape index (κ1) is 17.3. The number of nitrogens with one attached hydrogen (secondary N) is 1. The van der Waals surface area contributed by atoms with Crippen LogP contribution in [0.15, 0.2) is 29.8 Å². The molecule has 3 N–H and O–H groups in total. The van der Waals surface area contributed by atoms with Crippen molar-refractivity contribution in [2.75, 3.05) is 20.3 Å². The van der Waals surface area contributed by atoms with Crippen molar-refractivity contribution in [1.82, 2.24) is 5.32 Å². The second-order valence-electron chi connectivity index (χ2n) is 5.72. The van der Waals surface area contributed by atoms with Gasteiger partial charge in [-0.3, -0.25) is 4.79 Å². The molecule has 0 aliphatic heterocycles. The molecule has 0 fully saturated rings. The minimum absolute atomic E-state index is 0.0345. The summed E-state index contributed by atoms with van der Waals surface area (Å²) in [6.45, 7) is 2.77. The summed E-state index contributed by atoms with van der Waals surface area (Å²) in [5.41, 5.74) is 7.30. The van der Waals surface area contributed by atoms with Crippen molar-refractivity contribution in [2.24, 2.45) is 5.73 Å². The molecule has 23 heavy (non-hydrogen) atoms. The summed E-state index contributed by atoms with van der Waals surface area (Å²) in [6.07, 6.45) is 6.83. The number of carbonyl (C=O) groups is 1. The SMILES string of the molecule is COc1ccc(C(=O)N[C@@H](C)C2=CCCCC2)c(OCCN)c1. The quantitative estimate of drug-likeness (QED) is 0.758. The van der Waals surface area contributed by atoms with Gasteiger partial charge in [-0.05, 0) is 44.7 Å². The third kappa shape index (κ3) is 4.73. The third-order valence-electron chi connectivity index (χ3n) is 4.04. The Hall–Kier alpha value is -2.01. The van der Waals surface area contributed by atoms with Gasteiger partial charge >= 0.3 is 0 Å². The molecule has 0 bridgehead atoms. The van der Waals surface area contributed by atoms with Crippen LogP contribution in [-0.4, -0.2) is 32.2 Å². The Kier molecular flexibility index (Phi) is 6.47. The van der Waals surface area contributed by atoms with Crippen LogP contribution in [0.4, 0.5) is 0 Å². The average molecular weight is 318 g/mol. The molecule has 0 saturated carbocycles. The van der Waals surface area contributed by atoms with Crippen LogP contribution in [0.2, 0.25) is 0 Å². The van der Waals surface area contributed by atoms with Crippen molar-refractivity contribution in [3.05, 3.63) is 35.4 Å². The molecule has 0 heterocycles. The molecular formula is C18H26N2O3. The van der Waals surface area contributed by atoms with E-state index < -0.39 is 0 Å². The Morgan fingerprint density at radius 3 is 2.87 bits per heavy atom. The van der Waals surface area contributed by atoms with Crippen LogP contribution in [0, 0.1) is 0 Å². The molecule has 0 radical (unpaired) electrons. The van der Waals surface area contributed by atoms with Gasteiger partial charge in [0.25, 0.3) is 5.91 Å². The zero-order valence-corrected chi connectivity index (χ0v) is 13.9. The summed E-state index contributed by atoms with van der Waals surface area (Å²) in [4.78, 5) is 12.6.